The van der Waals surface area contributed by atoms with E-state index < -0.39 is 11.7 Å². The number of hydrogen-bond acceptors (Lipinski definition) is 6. The number of nitrogens with one attached hydrogen (secondary N) is 2. The fourth-order valence-electron chi connectivity index (χ4n) is 2.93. The molecule has 1 aliphatic rings. The normalized spacial score (nSPS) is 14.4. The van der Waals surface area contributed by atoms with Crippen molar-refractivity contribution in [1.82, 2.24) is 20.3 Å². The lowest BCUT2D eigenvalue weighted by molar-refractivity contribution is 0.102. The second-order valence-electron chi connectivity index (χ2n) is 5.98. The third-order valence-corrected chi connectivity index (χ3v) is 4.23. The molecule has 2 N–H and O–H groups in total. The van der Waals surface area contributed by atoms with Crippen molar-refractivity contribution in [2.45, 2.75) is 0 Å². The van der Waals surface area contributed by atoms with Crippen LogP contribution >= 0.6 is 0 Å². The Morgan fingerprint density at radius 3 is 2.77 bits per heavy atom. The van der Waals surface area contributed by atoms with E-state index in [2.05, 4.69) is 30.5 Å². The fraction of sp³-hybridized carbons (Fsp3) is 0.222. The number of amides is 1. The van der Waals surface area contributed by atoms with Gasteiger partial charge in [0, 0.05) is 37.8 Å². The van der Waals surface area contributed by atoms with Crippen LogP contribution in [0.15, 0.2) is 42.9 Å². The molecule has 0 aliphatic carbocycles. The summed E-state index contributed by atoms with van der Waals surface area (Å²) in [5.74, 6) is -0.163. The van der Waals surface area contributed by atoms with Gasteiger partial charge in [-0.25, -0.2) is 14.4 Å². The van der Waals surface area contributed by atoms with Gasteiger partial charge in [0.15, 0.2) is 0 Å². The number of fused-ring (bicyclic) bond motifs is 1. The minimum absolute atomic E-state index is 0.164. The number of pyridine rings is 1. The van der Waals surface area contributed by atoms with Gasteiger partial charge in [0.25, 0.3) is 5.91 Å². The van der Waals surface area contributed by atoms with Crippen LogP contribution in [0.4, 0.5) is 15.9 Å². The first kappa shape index (κ1) is 16.3. The summed E-state index contributed by atoms with van der Waals surface area (Å²) in [7, 11) is 0. The van der Waals surface area contributed by atoms with Crippen molar-refractivity contribution < 1.29 is 9.18 Å². The van der Waals surface area contributed by atoms with Gasteiger partial charge >= 0.3 is 0 Å². The Bertz CT molecular complexity index is 940. The molecule has 8 heteroatoms. The molecule has 132 valence electrons. The molecule has 0 radical (unpaired) electrons. The highest BCUT2D eigenvalue weighted by Gasteiger charge is 2.15. The average molecular weight is 352 g/mol. The van der Waals surface area contributed by atoms with Crippen LogP contribution in [0, 0.1) is 5.82 Å². The summed E-state index contributed by atoms with van der Waals surface area (Å²) >= 11 is 0. The van der Waals surface area contributed by atoms with E-state index in [-0.39, 0.29) is 5.69 Å². The maximum Gasteiger partial charge on any atom is 0.275 e. The second kappa shape index (κ2) is 7.01. The number of carbonyl (C=O) groups excluding carboxylic acids is 1. The van der Waals surface area contributed by atoms with Gasteiger partial charge in [0.1, 0.15) is 17.3 Å². The summed E-state index contributed by atoms with van der Waals surface area (Å²) < 4.78 is 13.8. The maximum atomic E-state index is 13.8. The summed E-state index contributed by atoms with van der Waals surface area (Å²) in [5.41, 5.74) is 0.989. The first-order valence-electron chi connectivity index (χ1n) is 8.34. The van der Waals surface area contributed by atoms with E-state index in [4.69, 9.17) is 0 Å². The number of piperazine rings is 1. The highest BCUT2D eigenvalue weighted by molar-refractivity contribution is 6.07. The molecule has 4 rings (SSSR count). The van der Waals surface area contributed by atoms with Crippen molar-refractivity contribution in [3.63, 3.8) is 0 Å². The first-order chi connectivity index (χ1) is 12.7. The minimum atomic E-state index is -0.457. The average Bonchev–Trinajstić information content (AvgIpc) is 2.68. The standard InChI is InChI=1S/C18H17FN6O/c19-13-8-12-2-1-3-21-17(12)14(9-13)24-18(26)15-10-23-16(11-22-15)25-6-4-20-5-7-25/h1-3,8-11,20H,4-7H2,(H,24,26). The predicted octanol–water partition coefficient (Wildman–Crippen LogP) is 1.83. The smallest absolute Gasteiger partial charge is 0.275 e. The number of nitrogens with zero attached hydrogens (tertiary/aromatic N) is 4. The quantitative estimate of drug-likeness (QED) is 0.748. The molecule has 1 fully saturated rings. The lowest BCUT2D eigenvalue weighted by Crippen LogP contribution is -2.44. The molecule has 2 aromatic heterocycles. The molecular weight excluding hydrogens is 335 g/mol. The number of hydrogen-bond donors (Lipinski definition) is 2. The van der Waals surface area contributed by atoms with Crippen LogP contribution in [0.3, 0.4) is 0 Å². The van der Waals surface area contributed by atoms with Gasteiger partial charge in [0.05, 0.1) is 23.6 Å². The van der Waals surface area contributed by atoms with E-state index in [0.717, 1.165) is 32.0 Å². The Labute approximate surface area is 149 Å². The molecular formula is C18H17FN6O. The molecule has 1 amide bonds. The van der Waals surface area contributed by atoms with Crippen molar-refractivity contribution in [1.29, 1.82) is 0 Å². The molecule has 0 bridgehead atoms. The molecule has 26 heavy (non-hydrogen) atoms. The van der Waals surface area contributed by atoms with Crippen LogP contribution in [0.25, 0.3) is 10.9 Å². The number of aromatic nitrogens is 3. The van der Waals surface area contributed by atoms with Gasteiger partial charge in [0.2, 0.25) is 0 Å². The highest BCUT2D eigenvalue weighted by Crippen LogP contribution is 2.23. The van der Waals surface area contributed by atoms with E-state index in [1.807, 2.05) is 0 Å². The van der Waals surface area contributed by atoms with Crippen molar-refractivity contribution >= 4 is 28.3 Å². The molecule has 3 heterocycles. The molecule has 0 atom stereocenters. The third kappa shape index (κ3) is 3.31. The van der Waals surface area contributed by atoms with E-state index in [1.54, 1.807) is 24.5 Å². The fourth-order valence-corrected chi connectivity index (χ4v) is 2.93. The van der Waals surface area contributed by atoms with Crippen molar-refractivity contribution in [3.8, 4) is 0 Å². The SMILES string of the molecule is O=C(Nc1cc(F)cc2cccnc12)c1cnc(N2CCNCC2)cn1. The monoisotopic (exact) mass is 352 g/mol. The minimum Gasteiger partial charge on any atom is -0.353 e. The third-order valence-electron chi connectivity index (χ3n) is 4.23. The van der Waals surface area contributed by atoms with Crippen LogP contribution in [-0.2, 0) is 0 Å². The lowest BCUT2D eigenvalue weighted by Gasteiger charge is -2.27. The molecule has 3 aromatic rings. The van der Waals surface area contributed by atoms with Gasteiger partial charge < -0.3 is 15.5 Å². The Morgan fingerprint density at radius 2 is 2.00 bits per heavy atom. The summed E-state index contributed by atoms with van der Waals surface area (Å²) in [6.07, 6.45) is 4.61. The van der Waals surface area contributed by atoms with Gasteiger partial charge in [-0.05, 0) is 18.2 Å². The van der Waals surface area contributed by atoms with Gasteiger partial charge in [-0.3, -0.25) is 9.78 Å². The van der Waals surface area contributed by atoms with Crippen LogP contribution in [0.5, 0.6) is 0 Å². The van der Waals surface area contributed by atoms with E-state index in [1.165, 1.54) is 18.3 Å². The van der Waals surface area contributed by atoms with Crippen LogP contribution in [0.2, 0.25) is 0 Å². The predicted molar refractivity (Wildman–Crippen MR) is 96.8 cm³/mol. The highest BCUT2D eigenvalue weighted by atomic mass is 19.1. The lowest BCUT2D eigenvalue weighted by atomic mass is 10.2. The zero-order valence-corrected chi connectivity index (χ0v) is 13.9. The van der Waals surface area contributed by atoms with E-state index >= 15 is 0 Å². The first-order valence-corrected chi connectivity index (χ1v) is 8.34. The topological polar surface area (TPSA) is 83.0 Å². The number of benzene rings is 1. The molecule has 1 aliphatic heterocycles. The van der Waals surface area contributed by atoms with E-state index in [0.29, 0.717) is 16.6 Å². The summed E-state index contributed by atoms with van der Waals surface area (Å²) in [4.78, 5) is 27.3. The Kier molecular flexibility index (Phi) is 4.40. The van der Waals surface area contributed by atoms with Crippen LogP contribution in [-0.4, -0.2) is 47.0 Å². The zero-order valence-electron chi connectivity index (χ0n) is 13.9. The van der Waals surface area contributed by atoms with E-state index in [9.17, 15) is 9.18 Å². The van der Waals surface area contributed by atoms with Crippen LogP contribution in [0.1, 0.15) is 10.5 Å². The van der Waals surface area contributed by atoms with Crippen molar-refractivity contribution in [2.75, 3.05) is 36.4 Å². The second-order valence-corrected chi connectivity index (χ2v) is 5.98. The number of halogens is 1. The number of rotatable bonds is 3. The van der Waals surface area contributed by atoms with Gasteiger partial charge in [-0.15, -0.1) is 0 Å². The zero-order chi connectivity index (χ0) is 17.9. The number of anilines is 2. The Hall–Kier alpha value is -3.13. The molecule has 0 unspecified atom stereocenters. The van der Waals surface area contributed by atoms with Gasteiger partial charge in [-0.1, -0.05) is 6.07 Å². The summed E-state index contributed by atoms with van der Waals surface area (Å²) in [6, 6.07) is 6.08. The number of carbonyl (C=O) groups is 1. The van der Waals surface area contributed by atoms with Crippen molar-refractivity contribution in [2.24, 2.45) is 0 Å². The maximum absolute atomic E-state index is 13.8. The van der Waals surface area contributed by atoms with Gasteiger partial charge in [-0.2, -0.15) is 0 Å². The van der Waals surface area contributed by atoms with Crippen molar-refractivity contribution in [3.05, 3.63) is 54.4 Å². The molecule has 1 saturated heterocycles. The Morgan fingerprint density at radius 1 is 1.15 bits per heavy atom. The molecule has 7 nitrogen and oxygen atoms in total. The Balaban J connectivity index is 1.55. The summed E-state index contributed by atoms with van der Waals surface area (Å²) in [5, 5.41) is 6.56. The summed E-state index contributed by atoms with van der Waals surface area (Å²) in [6.45, 7) is 3.48. The molecule has 0 saturated carbocycles. The molecule has 1 aromatic carbocycles. The largest absolute Gasteiger partial charge is 0.353 e. The van der Waals surface area contributed by atoms with Crippen LogP contribution < -0.4 is 15.5 Å². The molecule has 0 spiro atoms.